The monoisotopic (exact) mass is 452 g/mol. The maximum absolute atomic E-state index is 13.0. The van der Waals surface area contributed by atoms with Crippen LogP contribution < -0.4 is 9.46 Å². The molecule has 1 N–H and O–H groups in total. The van der Waals surface area contributed by atoms with Gasteiger partial charge in [0.25, 0.3) is 5.91 Å². The maximum atomic E-state index is 13.0. The van der Waals surface area contributed by atoms with Crippen LogP contribution in [0.3, 0.4) is 0 Å². The van der Waals surface area contributed by atoms with Crippen molar-refractivity contribution in [2.24, 2.45) is 0 Å². The van der Waals surface area contributed by atoms with E-state index in [2.05, 4.69) is 4.72 Å². The number of amides is 1. The number of benzene rings is 3. The van der Waals surface area contributed by atoms with Gasteiger partial charge in [0.1, 0.15) is 5.75 Å². The number of hydrogen-bond donors (Lipinski definition) is 1. The molecule has 7 heteroatoms. The Kier molecular flexibility index (Phi) is 8.03. The minimum absolute atomic E-state index is 0.143. The van der Waals surface area contributed by atoms with E-state index in [1.54, 1.807) is 30.9 Å². The lowest BCUT2D eigenvalue weighted by atomic mass is 10.1. The van der Waals surface area contributed by atoms with Crippen molar-refractivity contribution >= 4 is 15.9 Å². The Bertz CT molecular complexity index is 1060. The van der Waals surface area contributed by atoms with Crippen LogP contribution in [0, 0.1) is 0 Å². The summed E-state index contributed by atoms with van der Waals surface area (Å²) < 4.78 is 32.7. The summed E-state index contributed by atoms with van der Waals surface area (Å²) in [5.74, 6) is 0.275. The molecule has 0 aliphatic carbocycles. The van der Waals surface area contributed by atoms with Crippen LogP contribution in [0.5, 0.6) is 5.75 Å². The van der Waals surface area contributed by atoms with Gasteiger partial charge in [-0.2, -0.15) is 0 Å². The van der Waals surface area contributed by atoms with Crippen LogP contribution in [0.25, 0.3) is 0 Å². The van der Waals surface area contributed by atoms with E-state index < -0.39 is 10.0 Å². The molecule has 0 aliphatic rings. The number of carbonyl (C=O) groups is 1. The zero-order valence-electron chi connectivity index (χ0n) is 18.3. The number of carbonyl (C=O) groups excluding carboxylic acids is 1. The first-order valence-corrected chi connectivity index (χ1v) is 11.9. The quantitative estimate of drug-likeness (QED) is 0.505. The van der Waals surface area contributed by atoms with Gasteiger partial charge in [-0.3, -0.25) is 4.79 Å². The van der Waals surface area contributed by atoms with Crippen molar-refractivity contribution in [1.82, 2.24) is 9.62 Å². The molecular weight excluding hydrogens is 424 g/mol. The van der Waals surface area contributed by atoms with Crippen LogP contribution in [0.15, 0.2) is 89.8 Å². The normalized spacial score (nSPS) is 11.3. The average Bonchev–Trinajstić information content (AvgIpc) is 2.78. The maximum Gasteiger partial charge on any atom is 0.261 e. The molecule has 6 nitrogen and oxygen atoms in total. The highest BCUT2D eigenvalue weighted by molar-refractivity contribution is 7.89. The van der Waals surface area contributed by atoms with E-state index in [1.807, 2.05) is 60.7 Å². The van der Waals surface area contributed by atoms with Gasteiger partial charge in [0.2, 0.25) is 10.0 Å². The molecule has 0 heterocycles. The molecule has 3 aromatic rings. The Morgan fingerprint density at radius 3 is 1.81 bits per heavy atom. The van der Waals surface area contributed by atoms with Crippen molar-refractivity contribution in [1.29, 1.82) is 0 Å². The van der Waals surface area contributed by atoms with Crippen LogP contribution in [0.4, 0.5) is 0 Å². The van der Waals surface area contributed by atoms with Gasteiger partial charge < -0.3 is 9.64 Å². The second kappa shape index (κ2) is 10.9. The zero-order chi connectivity index (χ0) is 23.0. The molecule has 0 bridgehead atoms. The number of hydrogen-bond acceptors (Lipinski definition) is 4. The molecular formula is C25H28N2O4S. The number of rotatable bonds is 10. The van der Waals surface area contributed by atoms with Gasteiger partial charge in [-0.15, -0.1) is 0 Å². The van der Waals surface area contributed by atoms with E-state index in [-0.39, 0.29) is 23.5 Å². The molecule has 168 valence electrons. The highest BCUT2D eigenvalue weighted by atomic mass is 32.2. The zero-order valence-corrected chi connectivity index (χ0v) is 19.1. The summed E-state index contributed by atoms with van der Waals surface area (Å²) in [7, 11) is -3.57. The average molecular weight is 453 g/mol. The van der Waals surface area contributed by atoms with Crippen molar-refractivity contribution in [2.45, 2.75) is 37.9 Å². The van der Waals surface area contributed by atoms with Gasteiger partial charge in [0.05, 0.1) is 4.90 Å². The van der Waals surface area contributed by atoms with Crippen molar-refractivity contribution < 1.29 is 17.9 Å². The summed E-state index contributed by atoms with van der Waals surface area (Å²) in [5.41, 5.74) is 2.06. The lowest BCUT2D eigenvalue weighted by Gasteiger charge is -2.23. The summed E-state index contributed by atoms with van der Waals surface area (Å²) in [5, 5.41) is 0. The molecule has 0 saturated carbocycles. The predicted molar refractivity (Wildman–Crippen MR) is 125 cm³/mol. The van der Waals surface area contributed by atoms with Crippen molar-refractivity contribution in [3.8, 4) is 5.75 Å². The van der Waals surface area contributed by atoms with Gasteiger partial charge >= 0.3 is 0 Å². The molecule has 0 aromatic heterocycles. The number of nitrogens with zero attached hydrogens (tertiary/aromatic N) is 1. The topological polar surface area (TPSA) is 75.7 Å². The Morgan fingerprint density at radius 2 is 1.34 bits per heavy atom. The van der Waals surface area contributed by atoms with E-state index in [0.29, 0.717) is 18.8 Å². The van der Waals surface area contributed by atoms with E-state index in [4.69, 9.17) is 4.74 Å². The molecule has 0 fully saturated rings. The fourth-order valence-corrected chi connectivity index (χ4v) is 4.42. The Morgan fingerprint density at radius 1 is 0.844 bits per heavy atom. The molecule has 3 rings (SSSR count). The van der Waals surface area contributed by atoms with Gasteiger partial charge in [0.15, 0.2) is 6.61 Å². The molecule has 0 saturated heterocycles. The largest absolute Gasteiger partial charge is 0.484 e. The second-order valence-electron chi connectivity index (χ2n) is 7.76. The van der Waals surface area contributed by atoms with Crippen LogP contribution >= 0.6 is 0 Å². The lowest BCUT2D eigenvalue weighted by molar-refractivity contribution is -0.134. The number of sulfonamides is 1. The third-order valence-corrected chi connectivity index (χ3v) is 6.35. The van der Waals surface area contributed by atoms with E-state index in [0.717, 1.165) is 11.1 Å². The number of ether oxygens (including phenoxy) is 1. The first-order chi connectivity index (χ1) is 15.3. The Balaban J connectivity index is 1.66. The highest BCUT2D eigenvalue weighted by Gasteiger charge is 2.17. The molecule has 0 unspecified atom stereocenters. The first kappa shape index (κ1) is 23.5. The molecule has 3 aromatic carbocycles. The van der Waals surface area contributed by atoms with Crippen molar-refractivity contribution in [3.63, 3.8) is 0 Å². The summed E-state index contributed by atoms with van der Waals surface area (Å²) in [6.45, 7) is 4.32. The smallest absolute Gasteiger partial charge is 0.261 e. The Labute approximate surface area is 189 Å². The first-order valence-electron chi connectivity index (χ1n) is 10.4. The lowest BCUT2D eigenvalue weighted by Crippen LogP contribution is -2.34. The van der Waals surface area contributed by atoms with Crippen LogP contribution in [0.1, 0.15) is 25.0 Å². The summed E-state index contributed by atoms with van der Waals surface area (Å²) in [6.07, 6.45) is 0. The second-order valence-corrected chi connectivity index (χ2v) is 9.47. The predicted octanol–water partition coefficient (Wildman–Crippen LogP) is 3.98. The number of nitrogens with one attached hydrogen (secondary N) is 1. The Hall–Kier alpha value is -3.16. The standard InChI is InChI=1S/C25H28N2O4S/c1-20(2)26-32(29,30)24-15-13-23(14-16-24)31-19-25(28)27(17-21-9-5-3-6-10-21)18-22-11-7-4-8-12-22/h3-16,20,26H,17-19H2,1-2H3. The third kappa shape index (κ3) is 6.93. The molecule has 1 amide bonds. The molecule has 32 heavy (non-hydrogen) atoms. The SMILES string of the molecule is CC(C)NS(=O)(=O)c1ccc(OCC(=O)N(Cc2ccccc2)Cc2ccccc2)cc1. The third-order valence-electron chi connectivity index (χ3n) is 4.67. The van der Waals surface area contributed by atoms with Crippen molar-refractivity contribution in [2.75, 3.05) is 6.61 Å². The minimum Gasteiger partial charge on any atom is -0.484 e. The van der Waals surface area contributed by atoms with Crippen LogP contribution in [-0.2, 0) is 27.9 Å². The summed E-state index contributed by atoms with van der Waals surface area (Å²) in [6, 6.07) is 25.4. The van der Waals surface area contributed by atoms with Gasteiger partial charge in [-0.1, -0.05) is 60.7 Å². The van der Waals surface area contributed by atoms with Crippen LogP contribution in [0.2, 0.25) is 0 Å². The minimum atomic E-state index is -3.57. The van der Waals surface area contributed by atoms with Crippen LogP contribution in [-0.4, -0.2) is 31.9 Å². The molecule has 0 radical (unpaired) electrons. The van der Waals surface area contributed by atoms with Gasteiger partial charge in [0, 0.05) is 19.1 Å². The van der Waals surface area contributed by atoms with E-state index in [1.165, 1.54) is 12.1 Å². The summed E-state index contributed by atoms with van der Waals surface area (Å²) >= 11 is 0. The summed E-state index contributed by atoms with van der Waals surface area (Å²) in [4.78, 5) is 14.9. The fraction of sp³-hybridized carbons (Fsp3) is 0.240. The molecule has 0 aliphatic heterocycles. The van der Waals surface area contributed by atoms with Gasteiger partial charge in [-0.25, -0.2) is 13.1 Å². The fourth-order valence-electron chi connectivity index (χ4n) is 3.17. The van der Waals surface area contributed by atoms with E-state index >= 15 is 0 Å². The highest BCUT2D eigenvalue weighted by Crippen LogP contribution is 2.17. The van der Waals surface area contributed by atoms with E-state index in [9.17, 15) is 13.2 Å². The van der Waals surface area contributed by atoms with Gasteiger partial charge in [-0.05, 0) is 49.2 Å². The van der Waals surface area contributed by atoms with Crippen molar-refractivity contribution in [3.05, 3.63) is 96.1 Å². The molecule has 0 atom stereocenters. The molecule has 0 spiro atoms.